The number of carbonyl (C=O) groups is 1. The second-order valence-electron chi connectivity index (χ2n) is 4.75. The van der Waals surface area contributed by atoms with Crippen molar-refractivity contribution >= 4 is 17.7 Å². The molecule has 1 heterocycles. The van der Waals surface area contributed by atoms with Crippen molar-refractivity contribution < 1.29 is 4.79 Å². The minimum atomic E-state index is -0.0977. The lowest BCUT2D eigenvalue weighted by Gasteiger charge is -2.30. The first-order valence-electron chi connectivity index (χ1n) is 6.27. The average Bonchev–Trinajstić information content (AvgIpc) is 2.67. The Bertz CT molecular complexity index is 410. The number of nitrogens with one attached hydrogen (secondary N) is 1. The molecule has 2 rings (SSSR count). The van der Waals surface area contributed by atoms with E-state index in [-0.39, 0.29) is 24.2 Å². The molecule has 1 N–H and O–H groups in total. The van der Waals surface area contributed by atoms with Gasteiger partial charge in [0, 0.05) is 11.8 Å². The molecule has 0 aliphatic carbocycles. The monoisotopic (exact) mass is 264 g/mol. The van der Waals surface area contributed by atoms with Crippen molar-refractivity contribution in [2.24, 2.45) is 0 Å². The van der Waals surface area contributed by atoms with Gasteiger partial charge in [0.2, 0.25) is 5.91 Å². The van der Waals surface area contributed by atoms with Crippen LogP contribution in [0.3, 0.4) is 0 Å². The van der Waals surface area contributed by atoms with Crippen LogP contribution in [0.2, 0.25) is 0 Å². The van der Waals surface area contributed by atoms with E-state index in [2.05, 4.69) is 30.6 Å². The molecule has 3 nitrogen and oxygen atoms in total. The first-order chi connectivity index (χ1) is 8.65. The lowest BCUT2D eigenvalue weighted by molar-refractivity contribution is -0.131. The molecule has 18 heavy (non-hydrogen) atoms. The van der Waals surface area contributed by atoms with E-state index in [0.717, 1.165) is 11.3 Å². The smallest absolute Gasteiger partial charge is 0.241 e. The third-order valence-electron chi connectivity index (χ3n) is 3.31. The SMILES string of the molecule is CSCC(C)N1C(=O)C(C)NC1c1ccccc1. The van der Waals surface area contributed by atoms with Gasteiger partial charge in [0.05, 0.1) is 6.04 Å². The molecule has 1 aromatic rings. The van der Waals surface area contributed by atoms with E-state index >= 15 is 0 Å². The van der Waals surface area contributed by atoms with Crippen LogP contribution in [0.4, 0.5) is 0 Å². The molecule has 0 aromatic heterocycles. The number of nitrogens with zero attached hydrogens (tertiary/aromatic N) is 1. The van der Waals surface area contributed by atoms with Gasteiger partial charge in [-0.05, 0) is 25.7 Å². The van der Waals surface area contributed by atoms with E-state index in [0.29, 0.717) is 0 Å². The third kappa shape index (κ3) is 2.54. The number of rotatable bonds is 4. The Hall–Kier alpha value is -1.00. The summed E-state index contributed by atoms with van der Waals surface area (Å²) in [6.45, 7) is 4.05. The molecule has 1 aliphatic heterocycles. The fourth-order valence-electron chi connectivity index (χ4n) is 2.42. The molecule has 0 bridgehead atoms. The van der Waals surface area contributed by atoms with Crippen molar-refractivity contribution in [2.75, 3.05) is 12.0 Å². The summed E-state index contributed by atoms with van der Waals surface area (Å²) in [6.07, 6.45) is 2.08. The summed E-state index contributed by atoms with van der Waals surface area (Å²) in [5, 5.41) is 3.38. The predicted octanol–water partition coefficient (Wildman–Crippen LogP) is 2.26. The van der Waals surface area contributed by atoms with Crippen LogP contribution in [0.15, 0.2) is 30.3 Å². The van der Waals surface area contributed by atoms with Crippen molar-refractivity contribution in [1.29, 1.82) is 0 Å². The van der Waals surface area contributed by atoms with Crippen molar-refractivity contribution in [3.8, 4) is 0 Å². The van der Waals surface area contributed by atoms with Gasteiger partial charge < -0.3 is 4.90 Å². The predicted molar refractivity (Wildman–Crippen MR) is 76.5 cm³/mol. The topological polar surface area (TPSA) is 32.3 Å². The summed E-state index contributed by atoms with van der Waals surface area (Å²) in [6, 6.07) is 10.3. The molecule has 4 heteroatoms. The molecule has 98 valence electrons. The van der Waals surface area contributed by atoms with Crippen LogP contribution in [-0.2, 0) is 4.79 Å². The van der Waals surface area contributed by atoms with Crippen LogP contribution in [0, 0.1) is 0 Å². The molecule has 0 saturated carbocycles. The van der Waals surface area contributed by atoms with Crippen LogP contribution < -0.4 is 5.32 Å². The summed E-state index contributed by atoms with van der Waals surface area (Å²) < 4.78 is 0. The average molecular weight is 264 g/mol. The minimum Gasteiger partial charge on any atom is -0.318 e. The molecular weight excluding hydrogens is 244 g/mol. The maximum atomic E-state index is 12.3. The fourth-order valence-corrected chi connectivity index (χ4v) is 3.07. The summed E-state index contributed by atoms with van der Waals surface area (Å²) in [4.78, 5) is 14.2. The van der Waals surface area contributed by atoms with E-state index in [9.17, 15) is 4.79 Å². The summed E-state index contributed by atoms with van der Waals surface area (Å²) in [5.74, 6) is 1.16. The molecule has 1 amide bonds. The van der Waals surface area contributed by atoms with E-state index in [1.807, 2.05) is 30.0 Å². The van der Waals surface area contributed by atoms with Crippen LogP contribution in [0.25, 0.3) is 0 Å². The van der Waals surface area contributed by atoms with Gasteiger partial charge in [0.15, 0.2) is 0 Å². The van der Waals surface area contributed by atoms with Crippen molar-refractivity contribution in [3.05, 3.63) is 35.9 Å². The van der Waals surface area contributed by atoms with Crippen LogP contribution in [0.5, 0.6) is 0 Å². The molecule has 3 unspecified atom stereocenters. The van der Waals surface area contributed by atoms with Crippen molar-refractivity contribution in [1.82, 2.24) is 10.2 Å². The summed E-state index contributed by atoms with van der Waals surface area (Å²) >= 11 is 1.78. The van der Waals surface area contributed by atoms with Crippen LogP contribution >= 0.6 is 11.8 Å². The van der Waals surface area contributed by atoms with E-state index in [4.69, 9.17) is 0 Å². The molecule has 1 aromatic carbocycles. The first-order valence-corrected chi connectivity index (χ1v) is 7.66. The van der Waals surface area contributed by atoms with Crippen LogP contribution in [-0.4, -0.2) is 34.9 Å². The Balaban J connectivity index is 2.25. The van der Waals surface area contributed by atoms with E-state index in [1.54, 1.807) is 11.8 Å². The Kier molecular flexibility index (Phi) is 4.30. The zero-order valence-electron chi connectivity index (χ0n) is 11.1. The Labute approximate surface area is 113 Å². The second kappa shape index (κ2) is 5.76. The molecule has 1 aliphatic rings. The third-order valence-corrected chi connectivity index (χ3v) is 4.12. The summed E-state index contributed by atoms with van der Waals surface area (Å²) in [5.41, 5.74) is 1.16. The zero-order valence-corrected chi connectivity index (χ0v) is 11.9. The number of benzene rings is 1. The number of hydrogen-bond acceptors (Lipinski definition) is 3. The van der Waals surface area contributed by atoms with E-state index < -0.39 is 0 Å². The van der Waals surface area contributed by atoms with E-state index in [1.165, 1.54) is 0 Å². The number of amides is 1. The maximum Gasteiger partial charge on any atom is 0.241 e. The first kappa shape index (κ1) is 13.4. The molecule has 1 saturated heterocycles. The van der Waals surface area contributed by atoms with Gasteiger partial charge in [-0.1, -0.05) is 30.3 Å². The zero-order chi connectivity index (χ0) is 13.1. The highest BCUT2D eigenvalue weighted by atomic mass is 32.2. The molecule has 3 atom stereocenters. The summed E-state index contributed by atoms with van der Waals surface area (Å²) in [7, 11) is 0. The number of hydrogen-bond donors (Lipinski definition) is 1. The van der Waals surface area contributed by atoms with Gasteiger partial charge in [-0.3, -0.25) is 10.1 Å². The largest absolute Gasteiger partial charge is 0.318 e. The normalized spacial score (nSPS) is 25.5. The van der Waals surface area contributed by atoms with Gasteiger partial charge in [-0.15, -0.1) is 0 Å². The van der Waals surface area contributed by atoms with Gasteiger partial charge >= 0.3 is 0 Å². The molecule has 0 radical (unpaired) electrons. The highest BCUT2D eigenvalue weighted by Gasteiger charge is 2.39. The highest BCUT2D eigenvalue weighted by molar-refractivity contribution is 7.98. The van der Waals surface area contributed by atoms with Crippen LogP contribution in [0.1, 0.15) is 25.6 Å². The lowest BCUT2D eigenvalue weighted by atomic mass is 10.1. The minimum absolute atomic E-state index is 0.0100. The number of carbonyl (C=O) groups excluding carboxylic acids is 1. The van der Waals surface area contributed by atoms with Gasteiger partial charge in [0.25, 0.3) is 0 Å². The van der Waals surface area contributed by atoms with Crippen molar-refractivity contribution in [3.63, 3.8) is 0 Å². The van der Waals surface area contributed by atoms with Gasteiger partial charge in [0.1, 0.15) is 6.17 Å². The lowest BCUT2D eigenvalue weighted by Crippen LogP contribution is -2.39. The second-order valence-corrected chi connectivity index (χ2v) is 5.66. The van der Waals surface area contributed by atoms with Gasteiger partial charge in [-0.25, -0.2) is 0 Å². The number of thioether (sulfide) groups is 1. The Morgan fingerprint density at radius 1 is 1.39 bits per heavy atom. The molecule has 0 spiro atoms. The highest BCUT2D eigenvalue weighted by Crippen LogP contribution is 2.28. The van der Waals surface area contributed by atoms with Crippen molar-refractivity contribution in [2.45, 2.75) is 32.1 Å². The quantitative estimate of drug-likeness (QED) is 0.905. The molecule has 1 fully saturated rings. The fraction of sp³-hybridized carbons (Fsp3) is 0.500. The Morgan fingerprint density at radius 3 is 2.67 bits per heavy atom. The standard InChI is InChI=1S/C14H20N2OS/c1-10(9-18-3)16-13(15-11(2)14(16)17)12-7-5-4-6-8-12/h4-8,10-11,13,15H,9H2,1-3H3. The molecular formula is C14H20N2OS. The Morgan fingerprint density at radius 2 is 2.06 bits per heavy atom. The maximum absolute atomic E-state index is 12.3. The van der Waals surface area contributed by atoms with Gasteiger partial charge in [-0.2, -0.15) is 11.8 Å².